The maximum absolute atomic E-state index is 15.2. The molecule has 1 N–H and O–H groups in total. The Bertz CT molecular complexity index is 1930. The summed E-state index contributed by atoms with van der Waals surface area (Å²) in [5.41, 5.74) is 1.23. The number of nitrogens with one attached hydrogen (secondary N) is 1. The lowest BCUT2D eigenvalue weighted by atomic mass is 10.0. The van der Waals surface area contributed by atoms with Gasteiger partial charge in [-0.25, -0.2) is 28.7 Å². The second-order valence-corrected chi connectivity index (χ2v) is 12.8. The first kappa shape index (κ1) is 33.6. The topological polar surface area (TPSA) is 126 Å². The first-order valence-electron chi connectivity index (χ1n) is 15.5. The minimum absolute atomic E-state index is 0.119. The van der Waals surface area contributed by atoms with E-state index in [4.69, 9.17) is 16.6 Å². The Morgan fingerprint density at radius 3 is 2.23 bits per heavy atom. The molecule has 11 nitrogen and oxygen atoms in total. The number of halogens is 2. The van der Waals surface area contributed by atoms with E-state index in [1.54, 1.807) is 29.2 Å². The Balaban J connectivity index is 1.88. The molecule has 47 heavy (non-hydrogen) atoms. The van der Waals surface area contributed by atoms with Crippen molar-refractivity contribution in [2.45, 2.75) is 72.4 Å². The van der Waals surface area contributed by atoms with E-state index in [1.165, 1.54) is 23.6 Å². The third kappa shape index (κ3) is 6.34. The molecule has 0 aliphatic carbocycles. The number of rotatable bonds is 7. The summed E-state index contributed by atoms with van der Waals surface area (Å²) < 4.78 is 16.5. The smallest absolute Gasteiger partial charge is 0.349 e. The normalized spacial score (nSPS) is 16.7. The molecule has 0 spiro atoms. The van der Waals surface area contributed by atoms with Crippen molar-refractivity contribution in [3.8, 4) is 16.9 Å². The SMILES string of the molecule is C=CC(=O)N1CC(C)N(c2nc(=O)n(-c3c(C(C)C)nc(NC(C)=O)nc3C(C)C)c3nc(-c4ccccc4F)c(Cl)cc23)CC1C. The number of hydrogen-bond donors (Lipinski definition) is 1. The minimum Gasteiger partial charge on any atom is -0.349 e. The van der Waals surface area contributed by atoms with Crippen LogP contribution in [0.15, 0.2) is 47.8 Å². The standard InChI is InChI=1S/C34H38ClFN8O3/c1-9-26(46)42-15-20(7)43(16-19(42)6)31-23-14-24(35)29(22-12-10-11-13-25(22)36)38-32(23)44(34(47)41-31)30-27(17(2)3)39-33(37-21(8)45)40-28(30)18(4)5/h9-14,17-20H,1,15-16H2,2-8H3,(H,37,39,40,45). The highest BCUT2D eigenvalue weighted by atomic mass is 35.5. The van der Waals surface area contributed by atoms with Crippen LogP contribution in [0.3, 0.4) is 0 Å². The molecule has 1 aliphatic heterocycles. The van der Waals surface area contributed by atoms with E-state index < -0.39 is 11.5 Å². The number of aromatic nitrogens is 5. The van der Waals surface area contributed by atoms with Gasteiger partial charge in [0.2, 0.25) is 17.8 Å². The number of fused-ring (bicyclic) bond motifs is 1. The molecule has 1 aromatic carbocycles. The average Bonchev–Trinajstić information content (AvgIpc) is 3.01. The van der Waals surface area contributed by atoms with Crippen molar-refractivity contribution in [2.24, 2.45) is 0 Å². The van der Waals surface area contributed by atoms with Crippen molar-refractivity contribution < 1.29 is 14.0 Å². The molecule has 4 aromatic rings. The molecule has 1 fully saturated rings. The van der Waals surface area contributed by atoms with Crippen molar-refractivity contribution in [3.63, 3.8) is 0 Å². The number of pyridine rings is 1. The summed E-state index contributed by atoms with van der Waals surface area (Å²) >= 11 is 6.85. The molecule has 3 aromatic heterocycles. The molecule has 2 atom stereocenters. The van der Waals surface area contributed by atoms with E-state index in [0.717, 1.165) is 0 Å². The van der Waals surface area contributed by atoms with Crippen LogP contribution < -0.4 is 15.9 Å². The van der Waals surface area contributed by atoms with Gasteiger partial charge in [0.05, 0.1) is 33.2 Å². The summed E-state index contributed by atoms with van der Waals surface area (Å²) in [4.78, 5) is 61.4. The first-order chi connectivity index (χ1) is 22.2. The minimum atomic E-state index is -0.647. The van der Waals surface area contributed by atoms with Crippen molar-refractivity contribution in [2.75, 3.05) is 23.3 Å². The van der Waals surface area contributed by atoms with Gasteiger partial charge in [-0.1, -0.05) is 58.0 Å². The number of nitrogens with zero attached hydrogens (tertiary/aromatic N) is 7. The van der Waals surface area contributed by atoms with Crippen LogP contribution in [-0.4, -0.2) is 66.4 Å². The third-order valence-corrected chi connectivity index (χ3v) is 8.48. The molecule has 246 valence electrons. The van der Waals surface area contributed by atoms with E-state index in [-0.39, 0.29) is 63.6 Å². The fraction of sp³-hybridized carbons (Fsp3) is 0.382. The van der Waals surface area contributed by atoms with Crippen LogP contribution in [0, 0.1) is 5.82 Å². The molecule has 13 heteroatoms. The van der Waals surface area contributed by atoms with E-state index in [1.807, 2.05) is 46.4 Å². The lowest BCUT2D eigenvalue weighted by Gasteiger charge is -2.44. The van der Waals surface area contributed by atoms with Crippen LogP contribution in [0.2, 0.25) is 5.02 Å². The predicted molar refractivity (Wildman–Crippen MR) is 182 cm³/mol. The molecule has 1 aliphatic rings. The van der Waals surface area contributed by atoms with Crippen LogP contribution in [0.1, 0.15) is 71.7 Å². The Morgan fingerprint density at radius 2 is 1.66 bits per heavy atom. The summed E-state index contributed by atoms with van der Waals surface area (Å²) in [6, 6.07) is 7.35. The number of anilines is 2. The van der Waals surface area contributed by atoms with Crippen molar-refractivity contribution >= 4 is 46.2 Å². The van der Waals surface area contributed by atoms with Gasteiger partial charge in [-0.2, -0.15) is 4.98 Å². The van der Waals surface area contributed by atoms with E-state index >= 15 is 4.39 Å². The maximum Gasteiger partial charge on any atom is 0.355 e. The van der Waals surface area contributed by atoms with Crippen LogP contribution in [0.25, 0.3) is 28.0 Å². The van der Waals surface area contributed by atoms with Gasteiger partial charge in [0, 0.05) is 37.7 Å². The Labute approximate surface area is 277 Å². The maximum atomic E-state index is 15.2. The van der Waals surface area contributed by atoms with Gasteiger partial charge in [0.25, 0.3) is 0 Å². The number of amides is 2. The molecule has 0 bridgehead atoms. The highest BCUT2D eigenvalue weighted by Crippen LogP contribution is 2.37. The molecule has 0 saturated carbocycles. The lowest BCUT2D eigenvalue weighted by Crippen LogP contribution is -2.58. The van der Waals surface area contributed by atoms with Gasteiger partial charge in [0.15, 0.2) is 5.65 Å². The van der Waals surface area contributed by atoms with Crippen LogP contribution in [0.4, 0.5) is 16.2 Å². The summed E-state index contributed by atoms with van der Waals surface area (Å²) in [6.07, 6.45) is 1.29. The van der Waals surface area contributed by atoms with Gasteiger partial charge in [-0.05, 0) is 50.0 Å². The van der Waals surface area contributed by atoms with Gasteiger partial charge in [-0.15, -0.1) is 0 Å². The Morgan fingerprint density at radius 1 is 1.02 bits per heavy atom. The summed E-state index contributed by atoms with van der Waals surface area (Å²) in [5.74, 6) is -1.00. The monoisotopic (exact) mass is 660 g/mol. The van der Waals surface area contributed by atoms with Gasteiger partial charge in [0.1, 0.15) is 11.6 Å². The zero-order chi connectivity index (χ0) is 34.3. The molecular weight excluding hydrogens is 623 g/mol. The van der Waals surface area contributed by atoms with Crippen LogP contribution in [0.5, 0.6) is 0 Å². The molecular formula is C34H38ClFN8O3. The number of carbonyl (C=O) groups is 2. The second kappa shape index (κ2) is 13.2. The summed E-state index contributed by atoms with van der Waals surface area (Å²) in [6.45, 7) is 17.3. The summed E-state index contributed by atoms with van der Waals surface area (Å²) in [7, 11) is 0. The molecule has 4 heterocycles. The zero-order valence-electron chi connectivity index (χ0n) is 27.5. The van der Waals surface area contributed by atoms with Crippen molar-refractivity contribution in [3.05, 3.63) is 75.7 Å². The van der Waals surface area contributed by atoms with Gasteiger partial charge in [-0.3, -0.25) is 14.9 Å². The number of carbonyl (C=O) groups excluding carboxylic acids is 2. The highest BCUT2D eigenvalue weighted by Gasteiger charge is 2.34. The molecule has 2 unspecified atom stereocenters. The Hall–Kier alpha value is -4.71. The number of hydrogen-bond acceptors (Lipinski definition) is 8. The van der Waals surface area contributed by atoms with Crippen LogP contribution in [-0.2, 0) is 9.59 Å². The van der Waals surface area contributed by atoms with Crippen LogP contribution >= 0.6 is 11.6 Å². The fourth-order valence-corrected chi connectivity index (χ4v) is 6.21. The molecule has 0 radical (unpaired) electrons. The largest absolute Gasteiger partial charge is 0.355 e. The third-order valence-electron chi connectivity index (χ3n) is 8.19. The van der Waals surface area contributed by atoms with Gasteiger partial charge >= 0.3 is 5.69 Å². The van der Waals surface area contributed by atoms with Gasteiger partial charge < -0.3 is 9.80 Å². The average molecular weight is 661 g/mol. The fourth-order valence-electron chi connectivity index (χ4n) is 5.95. The first-order valence-corrected chi connectivity index (χ1v) is 15.9. The zero-order valence-corrected chi connectivity index (χ0v) is 28.3. The van der Waals surface area contributed by atoms with Crippen molar-refractivity contribution in [1.82, 2.24) is 29.4 Å². The molecule has 1 saturated heterocycles. The highest BCUT2D eigenvalue weighted by molar-refractivity contribution is 6.33. The van der Waals surface area contributed by atoms with Crippen molar-refractivity contribution in [1.29, 1.82) is 0 Å². The molecule has 2 amide bonds. The molecule has 5 rings (SSSR count). The van der Waals surface area contributed by atoms with E-state index in [0.29, 0.717) is 41.4 Å². The lowest BCUT2D eigenvalue weighted by molar-refractivity contribution is -0.128. The van der Waals surface area contributed by atoms with E-state index in [2.05, 4.69) is 26.8 Å². The number of piperazine rings is 1. The Kier molecular flexibility index (Phi) is 9.44. The predicted octanol–water partition coefficient (Wildman–Crippen LogP) is 5.85. The summed E-state index contributed by atoms with van der Waals surface area (Å²) in [5, 5.41) is 3.29. The number of benzene rings is 1. The van der Waals surface area contributed by atoms with E-state index in [9.17, 15) is 14.4 Å². The second-order valence-electron chi connectivity index (χ2n) is 12.4. The quantitative estimate of drug-likeness (QED) is 0.245.